The van der Waals surface area contributed by atoms with Crippen LogP contribution in [0, 0.1) is 0 Å². The van der Waals surface area contributed by atoms with E-state index < -0.39 is 6.61 Å². The van der Waals surface area contributed by atoms with Crippen molar-refractivity contribution in [3.05, 3.63) is 29.8 Å². The number of alkyl halides is 2. The van der Waals surface area contributed by atoms with E-state index in [1.807, 2.05) is 11.9 Å². The van der Waals surface area contributed by atoms with Gasteiger partial charge in [0.15, 0.2) is 5.96 Å². The maximum absolute atomic E-state index is 12.1. The lowest BCUT2D eigenvalue weighted by molar-refractivity contribution is -0.120. The summed E-state index contributed by atoms with van der Waals surface area (Å²) >= 11 is 0. The van der Waals surface area contributed by atoms with E-state index in [1.54, 1.807) is 26.3 Å². The summed E-state index contributed by atoms with van der Waals surface area (Å²) in [6.45, 7) is -1.38. The molecule has 0 saturated heterocycles. The number of methoxy groups -OCH3 is 1. The highest BCUT2D eigenvalue weighted by Crippen LogP contribution is 2.15. The summed E-state index contributed by atoms with van der Waals surface area (Å²) in [4.78, 5) is 17.6. The molecule has 0 unspecified atom stereocenters. The van der Waals surface area contributed by atoms with Crippen molar-refractivity contribution in [3.63, 3.8) is 0 Å². The smallest absolute Gasteiger partial charge is 0.387 e. The first-order valence-corrected chi connectivity index (χ1v) is 7.67. The summed E-state index contributed by atoms with van der Waals surface area (Å²) in [5.41, 5.74) is 0.886. The van der Waals surface area contributed by atoms with Crippen LogP contribution in [-0.2, 0) is 16.1 Å². The first kappa shape index (κ1) is 24.3. The molecule has 148 valence electrons. The maximum Gasteiger partial charge on any atom is 0.387 e. The SMILES string of the molecule is CN=C(NCC(=O)NCCOC)N(C)Cc1ccc(OC(F)F)cc1.I. The summed E-state index contributed by atoms with van der Waals surface area (Å²) in [6, 6.07) is 6.35. The van der Waals surface area contributed by atoms with Crippen molar-refractivity contribution in [3.8, 4) is 5.75 Å². The quantitative estimate of drug-likeness (QED) is 0.241. The third kappa shape index (κ3) is 9.70. The Morgan fingerprint density at radius 3 is 2.46 bits per heavy atom. The van der Waals surface area contributed by atoms with Gasteiger partial charge in [0.05, 0.1) is 13.2 Å². The van der Waals surface area contributed by atoms with Gasteiger partial charge in [0.2, 0.25) is 5.91 Å². The summed E-state index contributed by atoms with van der Waals surface area (Å²) < 4.78 is 33.4. The topological polar surface area (TPSA) is 75.2 Å². The molecule has 26 heavy (non-hydrogen) atoms. The third-order valence-electron chi connectivity index (χ3n) is 3.18. The summed E-state index contributed by atoms with van der Waals surface area (Å²) in [5, 5.41) is 5.65. The predicted molar refractivity (Wildman–Crippen MR) is 106 cm³/mol. The lowest BCUT2D eigenvalue weighted by Gasteiger charge is -2.22. The number of halogens is 3. The van der Waals surface area contributed by atoms with E-state index in [4.69, 9.17) is 4.74 Å². The fourth-order valence-corrected chi connectivity index (χ4v) is 2.02. The number of hydrogen-bond donors (Lipinski definition) is 2. The zero-order valence-electron chi connectivity index (χ0n) is 15.0. The number of aliphatic imine (C=N–C) groups is 1. The Kier molecular flexibility index (Phi) is 12.6. The van der Waals surface area contributed by atoms with Gasteiger partial charge < -0.3 is 25.0 Å². The predicted octanol–water partition coefficient (Wildman–Crippen LogP) is 1.68. The molecular weight excluding hydrogens is 461 g/mol. The van der Waals surface area contributed by atoms with Crippen LogP contribution in [0.1, 0.15) is 5.56 Å². The second kappa shape index (κ2) is 13.5. The highest BCUT2D eigenvalue weighted by molar-refractivity contribution is 14.0. The van der Waals surface area contributed by atoms with E-state index in [0.29, 0.717) is 25.7 Å². The molecule has 0 radical (unpaired) electrons. The second-order valence-electron chi connectivity index (χ2n) is 5.12. The largest absolute Gasteiger partial charge is 0.435 e. The van der Waals surface area contributed by atoms with Crippen molar-refractivity contribution in [1.82, 2.24) is 15.5 Å². The van der Waals surface area contributed by atoms with Gasteiger partial charge in [0.25, 0.3) is 0 Å². The minimum absolute atomic E-state index is 0. The highest BCUT2D eigenvalue weighted by Gasteiger charge is 2.09. The maximum atomic E-state index is 12.1. The zero-order valence-corrected chi connectivity index (χ0v) is 17.3. The monoisotopic (exact) mass is 486 g/mol. The number of guanidine groups is 1. The molecule has 0 aliphatic heterocycles. The second-order valence-corrected chi connectivity index (χ2v) is 5.12. The van der Waals surface area contributed by atoms with Crippen LogP contribution in [0.3, 0.4) is 0 Å². The van der Waals surface area contributed by atoms with Gasteiger partial charge in [-0.25, -0.2) is 0 Å². The van der Waals surface area contributed by atoms with Gasteiger partial charge in [-0.1, -0.05) is 12.1 Å². The lowest BCUT2D eigenvalue weighted by Crippen LogP contribution is -2.44. The Bertz CT molecular complexity index is 559. The van der Waals surface area contributed by atoms with E-state index in [2.05, 4.69) is 20.4 Å². The number of ether oxygens (including phenoxy) is 2. The van der Waals surface area contributed by atoms with Crippen molar-refractivity contribution in [2.24, 2.45) is 4.99 Å². The fraction of sp³-hybridized carbons (Fsp3) is 0.500. The van der Waals surface area contributed by atoms with Gasteiger partial charge in [-0.15, -0.1) is 24.0 Å². The first-order chi connectivity index (χ1) is 12.0. The van der Waals surface area contributed by atoms with Crippen LogP contribution < -0.4 is 15.4 Å². The van der Waals surface area contributed by atoms with Crippen LogP contribution in [0.25, 0.3) is 0 Å². The number of rotatable bonds is 9. The van der Waals surface area contributed by atoms with Crippen molar-refractivity contribution < 1.29 is 23.0 Å². The number of amides is 1. The number of carbonyl (C=O) groups excluding carboxylic acids is 1. The van der Waals surface area contributed by atoms with Gasteiger partial charge in [-0.2, -0.15) is 8.78 Å². The molecule has 1 amide bonds. The number of hydrogen-bond acceptors (Lipinski definition) is 4. The molecule has 0 aliphatic carbocycles. The average molecular weight is 486 g/mol. The van der Waals surface area contributed by atoms with E-state index in [-0.39, 0.29) is 42.2 Å². The average Bonchev–Trinajstić information content (AvgIpc) is 2.57. The molecule has 0 atom stereocenters. The van der Waals surface area contributed by atoms with Gasteiger partial charge in [0.1, 0.15) is 5.75 Å². The highest BCUT2D eigenvalue weighted by atomic mass is 127. The van der Waals surface area contributed by atoms with Crippen LogP contribution in [-0.4, -0.2) is 64.3 Å². The Balaban J connectivity index is 0.00000625. The molecule has 1 aromatic carbocycles. The van der Waals surface area contributed by atoms with Crippen molar-refractivity contribution in [2.75, 3.05) is 40.9 Å². The lowest BCUT2D eigenvalue weighted by atomic mass is 10.2. The van der Waals surface area contributed by atoms with Gasteiger partial charge in [-0.05, 0) is 17.7 Å². The number of nitrogens with one attached hydrogen (secondary N) is 2. The molecule has 0 saturated carbocycles. The summed E-state index contributed by atoms with van der Waals surface area (Å²) in [7, 11) is 4.98. The Labute approximate surface area is 169 Å². The fourth-order valence-electron chi connectivity index (χ4n) is 2.02. The Morgan fingerprint density at radius 1 is 1.27 bits per heavy atom. The molecule has 7 nitrogen and oxygen atoms in total. The van der Waals surface area contributed by atoms with Gasteiger partial charge >= 0.3 is 6.61 Å². The zero-order chi connectivity index (χ0) is 18.7. The van der Waals surface area contributed by atoms with E-state index in [9.17, 15) is 13.6 Å². The standard InChI is InChI=1S/C16H24F2N4O3.HI/c1-19-16(21-10-14(23)20-8-9-24-3)22(2)11-12-4-6-13(7-5-12)25-15(17)18;/h4-7,15H,8-11H2,1-3H3,(H,19,21)(H,20,23);1H. The van der Waals surface area contributed by atoms with Crippen LogP contribution in [0.5, 0.6) is 5.75 Å². The van der Waals surface area contributed by atoms with Crippen molar-refractivity contribution in [2.45, 2.75) is 13.2 Å². The van der Waals surface area contributed by atoms with E-state index in [1.165, 1.54) is 12.1 Å². The van der Waals surface area contributed by atoms with Crippen LogP contribution >= 0.6 is 24.0 Å². The molecule has 0 aliphatic rings. The molecule has 0 fully saturated rings. The number of benzene rings is 1. The molecule has 0 heterocycles. The van der Waals surface area contributed by atoms with Gasteiger partial charge in [0, 0.05) is 34.3 Å². The molecule has 10 heteroatoms. The molecule has 0 spiro atoms. The number of nitrogens with zero attached hydrogens (tertiary/aromatic N) is 2. The van der Waals surface area contributed by atoms with E-state index in [0.717, 1.165) is 5.56 Å². The molecule has 1 rings (SSSR count). The molecule has 0 aromatic heterocycles. The molecule has 1 aromatic rings. The minimum Gasteiger partial charge on any atom is -0.435 e. The van der Waals surface area contributed by atoms with Crippen LogP contribution in [0.2, 0.25) is 0 Å². The summed E-state index contributed by atoms with van der Waals surface area (Å²) in [5.74, 6) is 0.478. The first-order valence-electron chi connectivity index (χ1n) is 7.67. The summed E-state index contributed by atoms with van der Waals surface area (Å²) in [6.07, 6.45) is 0. The molecule has 2 N–H and O–H groups in total. The van der Waals surface area contributed by atoms with Crippen LogP contribution in [0.4, 0.5) is 8.78 Å². The van der Waals surface area contributed by atoms with Gasteiger partial charge in [-0.3, -0.25) is 9.79 Å². The Morgan fingerprint density at radius 2 is 1.92 bits per heavy atom. The number of carbonyl (C=O) groups is 1. The van der Waals surface area contributed by atoms with Crippen LogP contribution in [0.15, 0.2) is 29.3 Å². The molecule has 0 bridgehead atoms. The third-order valence-corrected chi connectivity index (χ3v) is 3.18. The Hall–Kier alpha value is -1.69. The molecular formula is C16H25F2IN4O3. The minimum atomic E-state index is -2.84. The normalized spacial score (nSPS) is 10.9. The van der Waals surface area contributed by atoms with Crippen molar-refractivity contribution in [1.29, 1.82) is 0 Å². The van der Waals surface area contributed by atoms with E-state index >= 15 is 0 Å². The van der Waals surface area contributed by atoms with Crippen molar-refractivity contribution >= 4 is 35.8 Å².